The van der Waals surface area contributed by atoms with Gasteiger partial charge >= 0.3 is 0 Å². The Kier molecular flexibility index (Phi) is 3.61. The minimum absolute atomic E-state index is 0.441. The van der Waals surface area contributed by atoms with Gasteiger partial charge in [-0.05, 0) is 46.7 Å². The molecule has 1 aromatic rings. The summed E-state index contributed by atoms with van der Waals surface area (Å²) in [5, 5.41) is 3.52. The van der Waals surface area contributed by atoms with E-state index in [1.54, 1.807) is 6.20 Å². The maximum Gasteiger partial charge on any atom is 0.140 e. The number of nitrogens with two attached hydrogens (primary N) is 1. The van der Waals surface area contributed by atoms with Crippen molar-refractivity contribution < 1.29 is 0 Å². The van der Waals surface area contributed by atoms with Gasteiger partial charge in [-0.15, -0.1) is 0 Å². The van der Waals surface area contributed by atoms with Gasteiger partial charge < -0.3 is 11.1 Å². The zero-order valence-corrected chi connectivity index (χ0v) is 12.0. The highest BCUT2D eigenvalue weighted by atomic mass is 79.9. The van der Waals surface area contributed by atoms with E-state index in [9.17, 15) is 0 Å². The third-order valence-corrected chi connectivity index (χ3v) is 4.01. The molecule has 1 atom stereocenters. The third kappa shape index (κ3) is 3.35. The fourth-order valence-corrected chi connectivity index (χ4v) is 3.05. The zero-order valence-electron chi connectivity index (χ0n) is 10.5. The monoisotopic (exact) mass is 297 g/mol. The molecule has 3 nitrogen and oxygen atoms in total. The summed E-state index contributed by atoms with van der Waals surface area (Å²) in [6, 6.07) is 2.41. The molecule has 1 fully saturated rings. The summed E-state index contributed by atoms with van der Waals surface area (Å²) in [5.74, 6) is 0.905. The van der Waals surface area contributed by atoms with Crippen molar-refractivity contribution in [3.05, 3.63) is 16.7 Å². The maximum atomic E-state index is 5.68. The highest BCUT2D eigenvalue weighted by Crippen LogP contribution is 2.36. The number of nitrogens with zero attached hydrogens (tertiary/aromatic N) is 1. The number of aromatic nitrogens is 1. The second kappa shape index (κ2) is 4.84. The molecule has 94 valence electrons. The molecular formula is C13H20BrN3. The molecule has 1 aliphatic carbocycles. The minimum atomic E-state index is 0.441. The first-order chi connectivity index (χ1) is 7.96. The Bertz CT molecular complexity index is 404. The minimum Gasteiger partial charge on any atom is -0.397 e. The average Bonchev–Trinajstić information content (AvgIpc) is 2.21. The largest absolute Gasteiger partial charge is 0.397 e. The first kappa shape index (κ1) is 12.7. The van der Waals surface area contributed by atoms with E-state index in [1.807, 2.05) is 6.07 Å². The highest BCUT2D eigenvalue weighted by molar-refractivity contribution is 9.10. The van der Waals surface area contributed by atoms with E-state index in [0.717, 1.165) is 10.3 Å². The van der Waals surface area contributed by atoms with Gasteiger partial charge in [0.15, 0.2) is 0 Å². The molecule has 1 unspecified atom stereocenters. The summed E-state index contributed by atoms with van der Waals surface area (Å²) in [4.78, 5) is 4.34. The number of hydrogen-bond donors (Lipinski definition) is 2. The van der Waals surface area contributed by atoms with E-state index in [4.69, 9.17) is 5.73 Å². The molecule has 0 amide bonds. The summed E-state index contributed by atoms with van der Waals surface area (Å²) in [6.45, 7) is 4.68. The Morgan fingerprint density at radius 1 is 1.53 bits per heavy atom. The summed E-state index contributed by atoms with van der Waals surface area (Å²) in [7, 11) is 0. The van der Waals surface area contributed by atoms with E-state index < -0.39 is 0 Å². The van der Waals surface area contributed by atoms with Crippen LogP contribution in [0.2, 0.25) is 0 Å². The van der Waals surface area contributed by atoms with Crippen molar-refractivity contribution in [3.8, 4) is 0 Å². The maximum absolute atomic E-state index is 5.68. The Balaban J connectivity index is 2.05. The van der Waals surface area contributed by atoms with Crippen LogP contribution in [-0.4, -0.2) is 11.0 Å². The highest BCUT2D eigenvalue weighted by Gasteiger charge is 2.28. The molecule has 4 heteroatoms. The lowest BCUT2D eigenvalue weighted by Gasteiger charge is -2.35. The smallest absolute Gasteiger partial charge is 0.140 e. The zero-order chi connectivity index (χ0) is 12.5. The number of rotatable bonds is 2. The van der Waals surface area contributed by atoms with Crippen molar-refractivity contribution >= 4 is 27.4 Å². The van der Waals surface area contributed by atoms with Crippen LogP contribution in [0.25, 0.3) is 0 Å². The normalized spacial score (nSPS) is 23.4. The fraction of sp³-hybridized carbons (Fsp3) is 0.615. The quantitative estimate of drug-likeness (QED) is 0.873. The predicted molar refractivity (Wildman–Crippen MR) is 76.0 cm³/mol. The molecule has 3 N–H and O–H groups in total. The van der Waals surface area contributed by atoms with Gasteiger partial charge in [0.1, 0.15) is 5.82 Å². The van der Waals surface area contributed by atoms with Crippen LogP contribution in [0, 0.1) is 5.41 Å². The van der Waals surface area contributed by atoms with Crippen molar-refractivity contribution in [2.45, 2.75) is 45.6 Å². The number of halogens is 1. The van der Waals surface area contributed by atoms with E-state index in [1.165, 1.54) is 25.7 Å². The lowest BCUT2D eigenvalue weighted by atomic mass is 9.75. The molecule has 1 heterocycles. The van der Waals surface area contributed by atoms with Crippen LogP contribution in [0.5, 0.6) is 0 Å². The molecule has 0 aromatic carbocycles. The topological polar surface area (TPSA) is 50.9 Å². The Morgan fingerprint density at radius 2 is 2.29 bits per heavy atom. The molecule has 17 heavy (non-hydrogen) atoms. The number of nitrogen functional groups attached to an aromatic ring is 1. The van der Waals surface area contributed by atoms with E-state index in [-0.39, 0.29) is 0 Å². The molecular weight excluding hydrogens is 278 g/mol. The Hall–Kier alpha value is -0.770. The van der Waals surface area contributed by atoms with Gasteiger partial charge in [-0.1, -0.05) is 20.3 Å². The van der Waals surface area contributed by atoms with Crippen LogP contribution in [0.15, 0.2) is 16.7 Å². The lowest BCUT2D eigenvalue weighted by molar-refractivity contribution is 0.229. The van der Waals surface area contributed by atoms with Crippen molar-refractivity contribution in [2.24, 2.45) is 5.41 Å². The Morgan fingerprint density at radius 3 is 2.94 bits per heavy atom. The lowest BCUT2D eigenvalue weighted by Crippen LogP contribution is -2.32. The third-order valence-electron chi connectivity index (χ3n) is 3.41. The molecule has 0 spiro atoms. The molecule has 1 aromatic heterocycles. The number of hydrogen-bond acceptors (Lipinski definition) is 3. The van der Waals surface area contributed by atoms with Gasteiger partial charge in [0.25, 0.3) is 0 Å². The van der Waals surface area contributed by atoms with E-state index in [0.29, 0.717) is 17.1 Å². The van der Waals surface area contributed by atoms with Crippen molar-refractivity contribution in [3.63, 3.8) is 0 Å². The Labute approximate surface area is 111 Å². The second-order valence-electron chi connectivity index (χ2n) is 5.70. The standard InChI is InChI=1S/C13H20BrN3/c1-13(2)5-3-4-10(7-13)17-12-11(14)6-9(15)8-16-12/h6,8,10H,3-5,7,15H2,1-2H3,(H,16,17). The van der Waals surface area contributed by atoms with E-state index in [2.05, 4.69) is 40.1 Å². The number of pyridine rings is 1. The van der Waals surface area contributed by atoms with Gasteiger partial charge in [-0.3, -0.25) is 0 Å². The predicted octanol–water partition coefficient (Wildman–Crippen LogP) is 3.81. The first-order valence-electron chi connectivity index (χ1n) is 6.14. The van der Waals surface area contributed by atoms with Crippen LogP contribution < -0.4 is 11.1 Å². The van der Waals surface area contributed by atoms with Crippen LogP contribution in [0.1, 0.15) is 39.5 Å². The van der Waals surface area contributed by atoms with E-state index >= 15 is 0 Å². The van der Waals surface area contributed by atoms with Gasteiger partial charge in [0.2, 0.25) is 0 Å². The summed E-state index contributed by atoms with van der Waals surface area (Å²) < 4.78 is 0.945. The molecule has 2 rings (SSSR count). The van der Waals surface area contributed by atoms with Gasteiger partial charge in [0.05, 0.1) is 16.4 Å². The number of anilines is 2. The van der Waals surface area contributed by atoms with Crippen molar-refractivity contribution in [2.75, 3.05) is 11.1 Å². The molecule has 0 bridgehead atoms. The summed E-state index contributed by atoms with van der Waals surface area (Å²) >= 11 is 3.50. The molecule has 0 radical (unpaired) electrons. The van der Waals surface area contributed by atoms with Crippen molar-refractivity contribution in [1.82, 2.24) is 4.98 Å². The number of nitrogens with one attached hydrogen (secondary N) is 1. The molecule has 1 saturated carbocycles. The SMILES string of the molecule is CC1(C)CCCC(Nc2ncc(N)cc2Br)C1. The fourth-order valence-electron chi connectivity index (χ4n) is 2.57. The van der Waals surface area contributed by atoms with Gasteiger partial charge in [-0.25, -0.2) is 4.98 Å². The van der Waals surface area contributed by atoms with Gasteiger partial charge in [-0.2, -0.15) is 0 Å². The molecule has 0 saturated heterocycles. The summed E-state index contributed by atoms with van der Waals surface area (Å²) in [6.07, 6.45) is 6.73. The van der Waals surface area contributed by atoms with Crippen molar-refractivity contribution in [1.29, 1.82) is 0 Å². The van der Waals surface area contributed by atoms with Gasteiger partial charge in [0, 0.05) is 6.04 Å². The molecule has 1 aliphatic rings. The van der Waals surface area contributed by atoms with Crippen LogP contribution in [0.3, 0.4) is 0 Å². The van der Waals surface area contributed by atoms with Crippen LogP contribution in [-0.2, 0) is 0 Å². The summed E-state index contributed by atoms with van der Waals surface area (Å²) in [5.41, 5.74) is 6.81. The first-order valence-corrected chi connectivity index (χ1v) is 6.93. The van der Waals surface area contributed by atoms with Crippen LogP contribution in [0.4, 0.5) is 11.5 Å². The van der Waals surface area contributed by atoms with Crippen LogP contribution >= 0.6 is 15.9 Å². The molecule has 0 aliphatic heterocycles. The second-order valence-corrected chi connectivity index (χ2v) is 6.56. The average molecular weight is 298 g/mol.